The van der Waals surface area contributed by atoms with E-state index in [0.29, 0.717) is 0 Å². The Morgan fingerprint density at radius 3 is 1.75 bits per heavy atom. The summed E-state index contributed by atoms with van der Waals surface area (Å²) in [6.45, 7) is 13.9. The van der Waals surface area contributed by atoms with Crippen LogP contribution in [-0.2, 0) is 0 Å². The van der Waals surface area contributed by atoms with Gasteiger partial charge in [0.05, 0.1) is 0 Å². The van der Waals surface area contributed by atoms with Gasteiger partial charge in [-0.05, 0) is 26.2 Å². The molecule has 2 nitrogen and oxygen atoms in total. The summed E-state index contributed by atoms with van der Waals surface area (Å²) in [4.78, 5) is 0. The Hall–Kier alpha value is -0.0800. The molecule has 0 heterocycles. The van der Waals surface area contributed by atoms with Crippen molar-refractivity contribution in [3.05, 3.63) is 0 Å². The van der Waals surface area contributed by atoms with Gasteiger partial charge < -0.3 is 11.1 Å². The fourth-order valence-electron chi connectivity index (χ4n) is 0.722. The summed E-state index contributed by atoms with van der Waals surface area (Å²) in [7, 11) is 0. The van der Waals surface area contributed by atoms with Crippen LogP contribution in [0.5, 0.6) is 0 Å². The lowest BCUT2D eigenvalue weighted by atomic mass is 9.87. The Labute approximate surface area is 76.9 Å². The van der Waals surface area contributed by atoms with Gasteiger partial charge in [-0.3, -0.25) is 0 Å². The van der Waals surface area contributed by atoms with E-state index in [1.54, 1.807) is 0 Å². The number of rotatable bonds is 2. The van der Waals surface area contributed by atoms with Gasteiger partial charge in [0.25, 0.3) is 0 Å². The maximum atomic E-state index is 6.00. The molecule has 0 bridgehead atoms. The predicted molar refractivity (Wildman–Crippen MR) is 55.2 cm³/mol. The first kappa shape index (κ1) is 11.9. The second-order valence-corrected chi connectivity index (χ2v) is 5.60. The number of nitrogens with one attached hydrogen (secondary N) is 1. The van der Waals surface area contributed by atoms with Crippen LogP contribution in [0.15, 0.2) is 0 Å². The van der Waals surface area contributed by atoms with Gasteiger partial charge in [-0.15, -0.1) is 0 Å². The van der Waals surface area contributed by atoms with Crippen LogP contribution in [0.3, 0.4) is 0 Å². The second-order valence-electron chi connectivity index (χ2n) is 5.60. The minimum Gasteiger partial charge on any atom is -0.326 e. The summed E-state index contributed by atoms with van der Waals surface area (Å²) in [6.07, 6.45) is 0. The molecule has 0 saturated heterocycles. The zero-order chi connectivity index (χ0) is 9.99. The van der Waals surface area contributed by atoms with Crippen molar-refractivity contribution in [2.45, 2.75) is 53.1 Å². The van der Waals surface area contributed by atoms with Crippen LogP contribution in [0.2, 0.25) is 0 Å². The molecule has 0 radical (unpaired) electrons. The molecule has 74 valence electrons. The monoisotopic (exact) mass is 172 g/mol. The molecule has 0 aromatic carbocycles. The molecule has 1 atom stereocenters. The molecule has 12 heavy (non-hydrogen) atoms. The summed E-state index contributed by atoms with van der Waals surface area (Å²) < 4.78 is 0. The SMILES string of the molecule is CC(C)(C)NCC(N)C(C)(C)C. The highest BCUT2D eigenvalue weighted by atomic mass is 15.0. The number of hydrogen-bond donors (Lipinski definition) is 2. The molecule has 0 spiro atoms. The average Bonchev–Trinajstić information content (AvgIpc) is 1.78. The largest absolute Gasteiger partial charge is 0.326 e. The van der Waals surface area contributed by atoms with Gasteiger partial charge >= 0.3 is 0 Å². The molecular weight excluding hydrogens is 148 g/mol. The van der Waals surface area contributed by atoms with Gasteiger partial charge in [0.2, 0.25) is 0 Å². The number of nitrogens with two attached hydrogens (primary N) is 1. The minimum atomic E-state index is 0.170. The molecule has 3 N–H and O–H groups in total. The van der Waals surface area contributed by atoms with E-state index >= 15 is 0 Å². The van der Waals surface area contributed by atoms with E-state index in [0.717, 1.165) is 6.54 Å². The first-order valence-corrected chi connectivity index (χ1v) is 4.63. The molecule has 0 aromatic rings. The fourth-order valence-corrected chi connectivity index (χ4v) is 0.722. The van der Waals surface area contributed by atoms with Gasteiger partial charge in [0.15, 0.2) is 0 Å². The summed E-state index contributed by atoms with van der Waals surface area (Å²) in [5, 5.41) is 3.40. The van der Waals surface area contributed by atoms with Crippen LogP contribution in [0, 0.1) is 5.41 Å². The van der Waals surface area contributed by atoms with Gasteiger partial charge in [-0.2, -0.15) is 0 Å². The highest BCUT2D eigenvalue weighted by molar-refractivity contribution is 4.82. The second kappa shape index (κ2) is 3.75. The summed E-state index contributed by atoms with van der Waals surface area (Å²) >= 11 is 0. The van der Waals surface area contributed by atoms with Crippen molar-refractivity contribution in [2.75, 3.05) is 6.54 Å². The highest BCUT2D eigenvalue weighted by Gasteiger charge is 2.21. The highest BCUT2D eigenvalue weighted by Crippen LogP contribution is 2.16. The van der Waals surface area contributed by atoms with Crippen LogP contribution in [0.1, 0.15) is 41.5 Å². The molecule has 0 fully saturated rings. The zero-order valence-corrected chi connectivity index (χ0v) is 9.36. The van der Waals surface area contributed by atoms with Crippen molar-refractivity contribution in [1.29, 1.82) is 0 Å². The fraction of sp³-hybridized carbons (Fsp3) is 1.00. The Balaban J connectivity index is 3.80. The van der Waals surface area contributed by atoms with Crippen molar-refractivity contribution in [3.8, 4) is 0 Å². The van der Waals surface area contributed by atoms with E-state index in [1.807, 2.05) is 0 Å². The van der Waals surface area contributed by atoms with Crippen molar-refractivity contribution in [1.82, 2.24) is 5.32 Å². The Kier molecular flexibility index (Phi) is 3.73. The molecule has 0 aromatic heterocycles. The normalized spacial score (nSPS) is 16.2. The van der Waals surface area contributed by atoms with Gasteiger partial charge in [-0.1, -0.05) is 20.8 Å². The van der Waals surface area contributed by atoms with Crippen LogP contribution >= 0.6 is 0 Å². The van der Waals surface area contributed by atoms with Crippen molar-refractivity contribution in [3.63, 3.8) is 0 Å². The molecular formula is C10H24N2. The van der Waals surface area contributed by atoms with E-state index in [1.165, 1.54) is 0 Å². The topological polar surface area (TPSA) is 38.0 Å². The van der Waals surface area contributed by atoms with Crippen LogP contribution < -0.4 is 11.1 Å². The molecule has 0 amide bonds. The Morgan fingerprint density at radius 1 is 1.08 bits per heavy atom. The average molecular weight is 172 g/mol. The van der Waals surface area contributed by atoms with E-state index in [-0.39, 0.29) is 17.0 Å². The first-order chi connectivity index (χ1) is 5.13. The first-order valence-electron chi connectivity index (χ1n) is 4.63. The lowest BCUT2D eigenvalue weighted by Gasteiger charge is -2.30. The maximum absolute atomic E-state index is 6.00. The maximum Gasteiger partial charge on any atom is 0.0214 e. The molecule has 0 aliphatic carbocycles. The van der Waals surface area contributed by atoms with Crippen molar-refractivity contribution < 1.29 is 0 Å². The van der Waals surface area contributed by atoms with E-state index in [9.17, 15) is 0 Å². The predicted octanol–water partition coefficient (Wildman–Crippen LogP) is 1.75. The molecule has 2 heteroatoms. The Morgan fingerprint density at radius 2 is 1.50 bits per heavy atom. The third-order valence-electron chi connectivity index (χ3n) is 1.96. The molecule has 0 aliphatic rings. The van der Waals surface area contributed by atoms with Crippen LogP contribution in [0.4, 0.5) is 0 Å². The van der Waals surface area contributed by atoms with E-state index < -0.39 is 0 Å². The van der Waals surface area contributed by atoms with Gasteiger partial charge in [-0.25, -0.2) is 0 Å². The summed E-state index contributed by atoms with van der Waals surface area (Å²) in [5.41, 5.74) is 6.36. The summed E-state index contributed by atoms with van der Waals surface area (Å²) in [5.74, 6) is 0. The Bertz CT molecular complexity index is 128. The van der Waals surface area contributed by atoms with E-state index in [4.69, 9.17) is 5.73 Å². The molecule has 0 aliphatic heterocycles. The minimum absolute atomic E-state index is 0.170. The van der Waals surface area contributed by atoms with Gasteiger partial charge in [0, 0.05) is 18.1 Å². The van der Waals surface area contributed by atoms with Crippen LogP contribution in [-0.4, -0.2) is 18.1 Å². The van der Waals surface area contributed by atoms with E-state index in [2.05, 4.69) is 46.9 Å². The van der Waals surface area contributed by atoms with Crippen molar-refractivity contribution in [2.24, 2.45) is 11.1 Å². The smallest absolute Gasteiger partial charge is 0.0214 e. The van der Waals surface area contributed by atoms with Gasteiger partial charge in [0.1, 0.15) is 0 Å². The lowest BCUT2D eigenvalue weighted by molar-refractivity contribution is 0.284. The number of hydrogen-bond acceptors (Lipinski definition) is 2. The lowest BCUT2D eigenvalue weighted by Crippen LogP contribution is -2.48. The quantitative estimate of drug-likeness (QED) is 0.666. The zero-order valence-electron chi connectivity index (χ0n) is 9.36. The third-order valence-corrected chi connectivity index (χ3v) is 1.96. The molecule has 1 unspecified atom stereocenters. The van der Waals surface area contributed by atoms with Crippen molar-refractivity contribution >= 4 is 0 Å². The molecule has 0 rings (SSSR count). The molecule has 0 saturated carbocycles. The van der Waals surface area contributed by atoms with Crippen LogP contribution in [0.25, 0.3) is 0 Å². The summed E-state index contributed by atoms with van der Waals surface area (Å²) in [6, 6.07) is 0.219. The standard InChI is InChI=1S/C10H24N2/c1-9(2,3)8(11)7-12-10(4,5)6/h8,12H,7,11H2,1-6H3. The third kappa shape index (κ3) is 5.56.